The quantitative estimate of drug-likeness (QED) is 0.664. The first-order chi connectivity index (χ1) is 8.75. The van der Waals surface area contributed by atoms with Crippen LogP contribution in [0.1, 0.15) is 22.3 Å². The summed E-state index contributed by atoms with van der Waals surface area (Å²) in [5.41, 5.74) is 6.66. The van der Waals surface area contributed by atoms with Gasteiger partial charge in [-0.05, 0) is 29.2 Å². The van der Waals surface area contributed by atoms with Crippen LogP contribution in [-0.2, 0) is 6.54 Å². The van der Waals surface area contributed by atoms with Crippen LogP contribution in [0.2, 0.25) is 0 Å². The fourth-order valence-corrected chi connectivity index (χ4v) is 2.69. The molecule has 1 heteroatoms. The van der Waals surface area contributed by atoms with Crippen molar-refractivity contribution >= 4 is 17.8 Å². The summed E-state index contributed by atoms with van der Waals surface area (Å²) in [7, 11) is 2.17. The highest BCUT2D eigenvalue weighted by atomic mass is 15.1. The molecule has 0 bridgehead atoms. The van der Waals surface area contributed by atoms with Gasteiger partial charge in [-0.15, -0.1) is 0 Å². The highest BCUT2D eigenvalue weighted by Gasteiger charge is 2.12. The Hall–Kier alpha value is -2.02. The molecule has 0 spiro atoms. The van der Waals surface area contributed by atoms with Gasteiger partial charge < -0.3 is 4.90 Å². The largest absolute Gasteiger partial charge is 0.370 e. The van der Waals surface area contributed by atoms with Crippen molar-refractivity contribution in [1.29, 1.82) is 0 Å². The second kappa shape index (κ2) is 4.34. The fourth-order valence-electron chi connectivity index (χ4n) is 2.69. The molecular weight excluding hydrogens is 218 g/mol. The lowest BCUT2D eigenvalue weighted by molar-refractivity contribution is 0.912. The van der Waals surface area contributed by atoms with Crippen molar-refractivity contribution < 1.29 is 0 Å². The first-order valence-corrected chi connectivity index (χ1v) is 6.32. The molecule has 0 amide bonds. The summed E-state index contributed by atoms with van der Waals surface area (Å²) in [4.78, 5) is 2.34. The van der Waals surface area contributed by atoms with E-state index in [1.165, 1.54) is 27.9 Å². The van der Waals surface area contributed by atoms with E-state index in [0.717, 1.165) is 6.54 Å². The molecule has 0 saturated carbocycles. The number of fused-ring (bicyclic) bond motifs is 2. The third-order valence-corrected chi connectivity index (χ3v) is 3.56. The summed E-state index contributed by atoms with van der Waals surface area (Å²) in [5.74, 6) is 0. The number of hydrogen-bond donors (Lipinski definition) is 0. The van der Waals surface area contributed by atoms with E-state index in [-0.39, 0.29) is 0 Å². The first-order valence-electron chi connectivity index (χ1n) is 6.32. The molecule has 90 valence electrons. The van der Waals surface area contributed by atoms with E-state index in [0.29, 0.717) is 0 Å². The number of nitrogens with zero attached hydrogens (tertiary/aromatic N) is 1. The fraction of sp³-hybridized carbons (Fsp3) is 0.176. The number of aryl methyl sites for hydroxylation is 1. The van der Waals surface area contributed by atoms with Gasteiger partial charge in [-0.1, -0.05) is 54.6 Å². The van der Waals surface area contributed by atoms with Gasteiger partial charge in [0.1, 0.15) is 0 Å². The van der Waals surface area contributed by atoms with E-state index in [1.54, 1.807) is 0 Å². The van der Waals surface area contributed by atoms with Gasteiger partial charge in [-0.2, -0.15) is 0 Å². The summed E-state index contributed by atoms with van der Waals surface area (Å²) in [6, 6.07) is 15.1. The second-order valence-corrected chi connectivity index (χ2v) is 4.90. The van der Waals surface area contributed by atoms with E-state index in [4.69, 9.17) is 0 Å². The lowest BCUT2D eigenvalue weighted by atomic mass is 9.99. The standard InChI is InChI=1S/C17H17N/c1-13-6-5-9-15-11-10-14-7-3-4-8-16(14)12-18(2)17(13)15/h3-11H,12H2,1-2H3/b11-10-. The van der Waals surface area contributed by atoms with Gasteiger partial charge >= 0.3 is 0 Å². The average molecular weight is 235 g/mol. The predicted octanol–water partition coefficient (Wildman–Crippen LogP) is 4.12. The van der Waals surface area contributed by atoms with Crippen molar-refractivity contribution in [3.8, 4) is 0 Å². The number of para-hydroxylation sites is 1. The molecule has 0 radical (unpaired) electrons. The molecule has 0 aromatic heterocycles. The Morgan fingerprint density at radius 1 is 0.889 bits per heavy atom. The summed E-state index contributed by atoms with van der Waals surface area (Å²) >= 11 is 0. The van der Waals surface area contributed by atoms with Crippen LogP contribution in [0.5, 0.6) is 0 Å². The van der Waals surface area contributed by atoms with Crippen LogP contribution in [0.25, 0.3) is 12.2 Å². The Bertz CT molecular complexity index is 611. The number of rotatable bonds is 0. The first kappa shape index (κ1) is 11.1. The Labute approximate surface area is 108 Å². The maximum absolute atomic E-state index is 2.34. The minimum Gasteiger partial charge on any atom is -0.370 e. The number of anilines is 1. The average Bonchev–Trinajstić information content (AvgIpc) is 2.35. The summed E-state index contributed by atoms with van der Waals surface area (Å²) < 4.78 is 0. The molecule has 2 aromatic rings. The van der Waals surface area contributed by atoms with Gasteiger partial charge in [0.25, 0.3) is 0 Å². The van der Waals surface area contributed by atoms with Crippen LogP contribution in [0.15, 0.2) is 42.5 Å². The van der Waals surface area contributed by atoms with Crippen LogP contribution in [0.4, 0.5) is 5.69 Å². The minimum absolute atomic E-state index is 0.957. The molecule has 2 aromatic carbocycles. The Morgan fingerprint density at radius 2 is 1.61 bits per heavy atom. The minimum atomic E-state index is 0.957. The van der Waals surface area contributed by atoms with E-state index in [9.17, 15) is 0 Å². The number of benzene rings is 2. The summed E-state index contributed by atoms with van der Waals surface area (Å²) in [5, 5.41) is 0. The van der Waals surface area contributed by atoms with Crippen molar-refractivity contribution in [2.45, 2.75) is 13.5 Å². The van der Waals surface area contributed by atoms with Crippen LogP contribution < -0.4 is 4.90 Å². The van der Waals surface area contributed by atoms with Gasteiger partial charge in [-0.3, -0.25) is 0 Å². The van der Waals surface area contributed by atoms with E-state index in [1.807, 2.05) is 0 Å². The van der Waals surface area contributed by atoms with Gasteiger partial charge in [-0.25, -0.2) is 0 Å². The normalized spacial score (nSPS) is 15.3. The lowest BCUT2D eigenvalue weighted by Gasteiger charge is -2.26. The molecule has 3 rings (SSSR count). The molecule has 0 fully saturated rings. The Balaban J connectivity index is 2.19. The molecular formula is C17H17N. The highest BCUT2D eigenvalue weighted by molar-refractivity contribution is 5.80. The molecule has 0 N–H and O–H groups in total. The van der Waals surface area contributed by atoms with Crippen molar-refractivity contribution in [3.05, 3.63) is 64.7 Å². The number of hydrogen-bond acceptors (Lipinski definition) is 1. The maximum atomic E-state index is 2.34. The van der Waals surface area contributed by atoms with Crippen LogP contribution in [0.3, 0.4) is 0 Å². The maximum Gasteiger partial charge on any atom is 0.0469 e. The molecule has 1 heterocycles. The zero-order valence-electron chi connectivity index (χ0n) is 10.9. The van der Waals surface area contributed by atoms with Crippen LogP contribution >= 0.6 is 0 Å². The second-order valence-electron chi connectivity index (χ2n) is 4.90. The molecule has 18 heavy (non-hydrogen) atoms. The molecule has 1 nitrogen and oxygen atoms in total. The summed E-state index contributed by atoms with van der Waals surface area (Å²) in [6.07, 6.45) is 4.44. The Morgan fingerprint density at radius 3 is 2.50 bits per heavy atom. The zero-order chi connectivity index (χ0) is 12.5. The van der Waals surface area contributed by atoms with Gasteiger partial charge in [0.05, 0.1) is 0 Å². The van der Waals surface area contributed by atoms with Crippen molar-refractivity contribution in [3.63, 3.8) is 0 Å². The SMILES string of the molecule is Cc1cccc2c1N(C)Cc1ccccc1/C=C\2. The van der Waals surface area contributed by atoms with Crippen LogP contribution in [0, 0.1) is 6.92 Å². The van der Waals surface area contributed by atoms with E-state index in [2.05, 4.69) is 73.5 Å². The van der Waals surface area contributed by atoms with Gasteiger partial charge in [0, 0.05) is 19.3 Å². The Kier molecular flexibility index (Phi) is 2.67. The molecule has 0 aliphatic carbocycles. The smallest absolute Gasteiger partial charge is 0.0469 e. The third-order valence-electron chi connectivity index (χ3n) is 3.56. The van der Waals surface area contributed by atoms with Crippen LogP contribution in [-0.4, -0.2) is 7.05 Å². The predicted molar refractivity (Wildman–Crippen MR) is 78.7 cm³/mol. The van der Waals surface area contributed by atoms with Gasteiger partial charge in [0.2, 0.25) is 0 Å². The molecule has 1 aliphatic heterocycles. The highest BCUT2D eigenvalue weighted by Crippen LogP contribution is 2.30. The lowest BCUT2D eigenvalue weighted by Crippen LogP contribution is -2.19. The molecule has 0 saturated heterocycles. The third kappa shape index (κ3) is 1.82. The van der Waals surface area contributed by atoms with E-state index < -0.39 is 0 Å². The topological polar surface area (TPSA) is 3.24 Å². The molecule has 1 aliphatic rings. The van der Waals surface area contributed by atoms with Crippen molar-refractivity contribution in [2.24, 2.45) is 0 Å². The van der Waals surface area contributed by atoms with Crippen molar-refractivity contribution in [1.82, 2.24) is 0 Å². The van der Waals surface area contributed by atoms with E-state index >= 15 is 0 Å². The van der Waals surface area contributed by atoms with Crippen molar-refractivity contribution in [2.75, 3.05) is 11.9 Å². The van der Waals surface area contributed by atoms with Gasteiger partial charge in [0.15, 0.2) is 0 Å². The zero-order valence-corrected chi connectivity index (χ0v) is 10.9. The summed E-state index contributed by atoms with van der Waals surface area (Å²) in [6.45, 7) is 3.13. The molecule has 0 unspecified atom stereocenters. The monoisotopic (exact) mass is 235 g/mol. The molecule has 0 atom stereocenters.